The van der Waals surface area contributed by atoms with Gasteiger partial charge in [0.15, 0.2) is 0 Å². The molecule has 2 heterocycles. The Balaban J connectivity index is 1.70. The van der Waals surface area contributed by atoms with Crippen LogP contribution in [0.25, 0.3) is 0 Å². The molecule has 3 heteroatoms. The van der Waals surface area contributed by atoms with Crippen LogP contribution in [0.4, 0.5) is 0 Å². The number of aliphatic hydroxyl groups excluding tert-OH is 1. The average Bonchev–Trinajstić information content (AvgIpc) is 2.56. The van der Waals surface area contributed by atoms with Crippen molar-refractivity contribution in [2.45, 2.75) is 25.4 Å². The maximum atomic E-state index is 9.39. The summed E-state index contributed by atoms with van der Waals surface area (Å²) in [5.41, 5.74) is 0. The second-order valence-corrected chi connectivity index (χ2v) is 4.95. The van der Waals surface area contributed by atoms with Crippen LogP contribution >= 0.6 is 0 Å². The number of likely N-dealkylation sites (tertiary alicyclic amines) is 2. The lowest BCUT2D eigenvalue weighted by molar-refractivity contribution is 0.0754. The first kappa shape index (κ1) is 10.4. The van der Waals surface area contributed by atoms with E-state index >= 15 is 0 Å². The third-order valence-corrected chi connectivity index (χ3v) is 3.56. The minimum absolute atomic E-state index is 0.0301. The number of rotatable bonds is 2. The zero-order valence-corrected chi connectivity index (χ0v) is 9.15. The number of nitrogens with zero attached hydrogens (tertiary/aromatic N) is 2. The summed E-state index contributed by atoms with van der Waals surface area (Å²) in [6, 6.07) is 0. The van der Waals surface area contributed by atoms with Crippen molar-refractivity contribution in [3.8, 4) is 0 Å². The highest BCUT2D eigenvalue weighted by Crippen LogP contribution is 2.18. The van der Waals surface area contributed by atoms with Gasteiger partial charge in [0, 0.05) is 26.2 Å². The van der Waals surface area contributed by atoms with Crippen LogP contribution in [-0.4, -0.2) is 60.8 Å². The normalized spacial score (nSPS) is 32.6. The molecule has 1 unspecified atom stereocenters. The maximum absolute atomic E-state index is 9.39. The Labute approximate surface area is 86.7 Å². The van der Waals surface area contributed by atoms with E-state index in [0.29, 0.717) is 0 Å². The van der Waals surface area contributed by atoms with E-state index in [-0.39, 0.29) is 6.10 Å². The predicted molar refractivity (Wildman–Crippen MR) is 57.3 cm³/mol. The smallest absolute Gasteiger partial charge is 0.0564 e. The SMILES string of the molecule is CN1CCC(CN2CCC(O)CC2)C1. The van der Waals surface area contributed by atoms with Crippen molar-refractivity contribution in [1.82, 2.24) is 9.80 Å². The molecule has 0 spiro atoms. The fourth-order valence-corrected chi connectivity index (χ4v) is 2.64. The molecule has 3 nitrogen and oxygen atoms in total. The molecule has 82 valence electrons. The summed E-state index contributed by atoms with van der Waals surface area (Å²) in [6.07, 6.45) is 3.28. The number of hydrogen-bond acceptors (Lipinski definition) is 3. The summed E-state index contributed by atoms with van der Waals surface area (Å²) in [6.45, 7) is 5.97. The van der Waals surface area contributed by atoms with E-state index in [1.54, 1.807) is 0 Å². The first-order valence-corrected chi connectivity index (χ1v) is 5.83. The van der Waals surface area contributed by atoms with Crippen molar-refractivity contribution in [3.05, 3.63) is 0 Å². The molecule has 1 atom stereocenters. The molecule has 0 saturated carbocycles. The van der Waals surface area contributed by atoms with Crippen LogP contribution in [0.1, 0.15) is 19.3 Å². The fraction of sp³-hybridized carbons (Fsp3) is 1.00. The van der Waals surface area contributed by atoms with Gasteiger partial charge in [0.25, 0.3) is 0 Å². The van der Waals surface area contributed by atoms with Crippen LogP contribution in [0.3, 0.4) is 0 Å². The molecule has 0 bridgehead atoms. The molecule has 2 fully saturated rings. The van der Waals surface area contributed by atoms with E-state index in [9.17, 15) is 5.11 Å². The third-order valence-electron chi connectivity index (χ3n) is 3.56. The zero-order valence-electron chi connectivity index (χ0n) is 9.15. The summed E-state index contributed by atoms with van der Waals surface area (Å²) in [7, 11) is 2.21. The van der Waals surface area contributed by atoms with Gasteiger partial charge in [0.1, 0.15) is 0 Å². The largest absolute Gasteiger partial charge is 0.393 e. The molecule has 1 N–H and O–H groups in total. The first-order valence-electron chi connectivity index (χ1n) is 5.83. The Bertz CT molecular complexity index is 178. The summed E-state index contributed by atoms with van der Waals surface area (Å²) >= 11 is 0. The Morgan fingerprint density at radius 2 is 1.86 bits per heavy atom. The molecule has 0 radical (unpaired) electrons. The van der Waals surface area contributed by atoms with Crippen LogP contribution < -0.4 is 0 Å². The fourth-order valence-electron chi connectivity index (χ4n) is 2.64. The van der Waals surface area contributed by atoms with Crippen molar-refractivity contribution < 1.29 is 5.11 Å². The Morgan fingerprint density at radius 3 is 2.43 bits per heavy atom. The average molecular weight is 198 g/mol. The van der Waals surface area contributed by atoms with Crippen molar-refractivity contribution >= 4 is 0 Å². The Kier molecular flexibility index (Phi) is 3.42. The van der Waals surface area contributed by atoms with E-state index in [4.69, 9.17) is 0 Å². The predicted octanol–water partition coefficient (Wildman–Crippen LogP) is 0.395. The van der Waals surface area contributed by atoms with Crippen LogP contribution in [-0.2, 0) is 0 Å². The van der Waals surface area contributed by atoms with Crippen molar-refractivity contribution in [1.29, 1.82) is 0 Å². The summed E-state index contributed by atoms with van der Waals surface area (Å²) in [4.78, 5) is 4.94. The van der Waals surface area contributed by atoms with Gasteiger partial charge >= 0.3 is 0 Å². The summed E-state index contributed by atoms with van der Waals surface area (Å²) < 4.78 is 0. The van der Waals surface area contributed by atoms with Gasteiger partial charge in [-0.1, -0.05) is 0 Å². The van der Waals surface area contributed by atoms with E-state index in [1.165, 1.54) is 26.1 Å². The minimum atomic E-state index is -0.0301. The number of aliphatic hydroxyl groups is 1. The quantitative estimate of drug-likeness (QED) is 0.695. The van der Waals surface area contributed by atoms with E-state index < -0.39 is 0 Å². The molecule has 0 amide bonds. The van der Waals surface area contributed by atoms with Gasteiger partial charge in [-0.3, -0.25) is 0 Å². The zero-order chi connectivity index (χ0) is 9.97. The van der Waals surface area contributed by atoms with Gasteiger partial charge < -0.3 is 14.9 Å². The summed E-state index contributed by atoms with van der Waals surface area (Å²) in [5, 5.41) is 9.39. The van der Waals surface area contributed by atoms with Gasteiger partial charge in [0.2, 0.25) is 0 Å². The van der Waals surface area contributed by atoms with Gasteiger partial charge in [-0.05, 0) is 38.8 Å². The molecule has 2 aliphatic rings. The van der Waals surface area contributed by atoms with Crippen LogP contribution in [0.15, 0.2) is 0 Å². The molecule has 2 aliphatic heterocycles. The van der Waals surface area contributed by atoms with Crippen LogP contribution in [0, 0.1) is 5.92 Å². The van der Waals surface area contributed by atoms with Gasteiger partial charge in [-0.25, -0.2) is 0 Å². The van der Waals surface area contributed by atoms with Crippen molar-refractivity contribution in [2.75, 3.05) is 39.8 Å². The molecule has 14 heavy (non-hydrogen) atoms. The van der Waals surface area contributed by atoms with Gasteiger partial charge in [-0.2, -0.15) is 0 Å². The van der Waals surface area contributed by atoms with E-state index in [0.717, 1.165) is 31.8 Å². The Hall–Kier alpha value is -0.120. The lowest BCUT2D eigenvalue weighted by atomic mass is 10.0. The number of hydrogen-bond donors (Lipinski definition) is 1. The summed E-state index contributed by atoms with van der Waals surface area (Å²) in [5.74, 6) is 0.871. The second-order valence-electron chi connectivity index (χ2n) is 4.95. The lowest BCUT2D eigenvalue weighted by Crippen LogP contribution is -2.39. The monoisotopic (exact) mass is 198 g/mol. The maximum Gasteiger partial charge on any atom is 0.0564 e. The van der Waals surface area contributed by atoms with E-state index in [2.05, 4.69) is 16.8 Å². The lowest BCUT2D eigenvalue weighted by Gasteiger charge is -2.31. The van der Waals surface area contributed by atoms with Gasteiger partial charge in [0.05, 0.1) is 6.10 Å². The van der Waals surface area contributed by atoms with Crippen LogP contribution in [0.5, 0.6) is 0 Å². The van der Waals surface area contributed by atoms with E-state index in [1.807, 2.05) is 0 Å². The standard InChI is InChI=1S/C11H22N2O/c1-12-5-2-10(8-12)9-13-6-3-11(14)4-7-13/h10-11,14H,2-9H2,1H3. The molecule has 0 aromatic heterocycles. The van der Waals surface area contributed by atoms with Crippen LogP contribution in [0.2, 0.25) is 0 Å². The molecule has 2 rings (SSSR count). The molecule has 0 aromatic carbocycles. The highest BCUT2D eigenvalue weighted by molar-refractivity contribution is 4.79. The minimum Gasteiger partial charge on any atom is -0.393 e. The highest BCUT2D eigenvalue weighted by atomic mass is 16.3. The Morgan fingerprint density at radius 1 is 1.14 bits per heavy atom. The highest BCUT2D eigenvalue weighted by Gasteiger charge is 2.24. The first-order chi connectivity index (χ1) is 6.74. The van der Waals surface area contributed by atoms with Crippen molar-refractivity contribution in [3.63, 3.8) is 0 Å². The number of piperidine rings is 1. The molecule has 0 aromatic rings. The van der Waals surface area contributed by atoms with Gasteiger partial charge in [-0.15, -0.1) is 0 Å². The topological polar surface area (TPSA) is 26.7 Å². The molecule has 2 saturated heterocycles. The second kappa shape index (κ2) is 4.60. The third kappa shape index (κ3) is 2.69. The molecular formula is C11H22N2O. The van der Waals surface area contributed by atoms with Crippen molar-refractivity contribution in [2.24, 2.45) is 5.92 Å². The molecule has 0 aliphatic carbocycles. The molecular weight excluding hydrogens is 176 g/mol.